The highest BCUT2D eigenvalue weighted by atomic mass is 16.2. The van der Waals surface area contributed by atoms with E-state index in [-0.39, 0.29) is 0 Å². The molecule has 0 heterocycles. The van der Waals surface area contributed by atoms with E-state index in [1.54, 1.807) is 6.08 Å². The van der Waals surface area contributed by atoms with E-state index in [0.29, 0.717) is 0 Å². The smallest absolute Gasteiger partial charge is 0.138 e. The van der Waals surface area contributed by atoms with E-state index in [9.17, 15) is 5.11 Å². The zero-order valence-electron chi connectivity index (χ0n) is 5.84. The molecule has 0 aromatic rings. The molecule has 0 unspecified atom stereocenters. The Labute approximate surface area is 56.7 Å². The van der Waals surface area contributed by atoms with Gasteiger partial charge in [-0.15, -0.1) is 0 Å². The lowest BCUT2D eigenvalue weighted by Gasteiger charge is -1.82. The van der Waals surface area contributed by atoms with Crippen LogP contribution in [-0.4, -0.2) is 0 Å². The third kappa shape index (κ3) is 7.28. The van der Waals surface area contributed by atoms with Gasteiger partial charge >= 0.3 is 0 Å². The fourth-order valence-electron chi connectivity index (χ4n) is 0.545. The van der Waals surface area contributed by atoms with E-state index in [2.05, 4.69) is 19.1 Å². The molecule has 0 N–H and O–H groups in total. The van der Waals surface area contributed by atoms with Gasteiger partial charge in [0.25, 0.3) is 0 Å². The third-order valence-corrected chi connectivity index (χ3v) is 0.999. The van der Waals surface area contributed by atoms with E-state index in [1.807, 2.05) is 0 Å². The molecule has 0 aliphatic carbocycles. The SMILES string of the molecule is CCC=CCCC=C[O]. The maximum Gasteiger partial charge on any atom is 0.138 e. The summed E-state index contributed by atoms with van der Waals surface area (Å²) >= 11 is 0. The topological polar surface area (TPSA) is 19.9 Å². The Morgan fingerprint density at radius 3 is 2.33 bits per heavy atom. The molecule has 0 rings (SSSR count). The van der Waals surface area contributed by atoms with Crippen LogP contribution in [-0.2, 0) is 5.11 Å². The highest BCUT2D eigenvalue weighted by Crippen LogP contribution is 1.92. The van der Waals surface area contributed by atoms with Crippen molar-refractivity contribution in [2.24, 2.45) is 0 Å². The van der Waals surface area contributed by atoms with Crippen LogP contribution in [0, 0.1) is 0 Å². The van der Waals surface area contributed by atoms with E-state index in [4.69, 9.17) is 0 Å². The van der Waals surface area contributed by atoms with E-state index >= 15 is 0 Å². The van der Waals surface area contributed by atoms with Gasteiger partial charge in [-0.3, -0.25) is 5.11 Å². The molecular formula is C8H13O. The molecular weight excluding hydrogens is 112 g/mol. The second-order valence-corrected chi connectivity index (χ2v) is 1.83. The van der Waals surface area contributed by atoms with Crippen LogP contribution in [0.1, 0.15) is 26.2 Å². The lowest BCUT2D eigenvalue weighted by molar-refractivity contribution is 0.350. The minimum absolute atomic E-state index is 0.847. The lowest BCUT2D eigenvalue weighted by atomic mass is 10.3. The van der Waals surface area contributed by atoms with Crippen LogP contribution >= 0.6 is 0 Å². The summed E-state index contributed by atoms with van der Waals surface area (Å²) in [5, 5.41) is 9.76. The van der Waals surface area contributed by atoms with Gasteiger partial charge in [-0.05, 0) is 25.3 Å². The predicted octanol–water partition coefficient (Wildman–Crippen LogP) is 2.68. The molecule has 0 aromatic heterocycles. The van der Waals surface area contributed by atoms with Crippen LogP contribution in [0.5, 0.6) is 0 Å². The summed E-state index contributed by atoms with van der Waals surface area (Å²) in [5.41, 5.74) is 0. The van der Waals surface area contributed by atoms with Crippen molar-refractivity contribution in [1.29, 1.82) is 0 Å². The zero-order valence-corrected chi connectivity index (χ0v) is 5.84. The van der Waals surface area contributed by atoms with E-state index < -0.39 is 0 Å². The summed E-state index contributed by atoms with van der Waals surface area (Å²) in [6.07, 6.45) is 9.64. The fourth-order valence-corrected chi connectivity index (χ4v) is 0.545. The first-order valence-electron chi connectivity index (χ1n) is 3.33. The molecule has 0 atom stereocenters. The minimum atomic E-state index is 0.847. The molecule has 0 aromatic carbocycles. The molecule has 1 nitrogen and oxygen atoms in total. The summed E-state index contributed by atoms with van der Waals surface area (Å²) in [7, 11) is 0. The van der Waals surface area contributed by atoms with Crippen LogP contribution in [0.15, 0.2) is 24.5 Å². The van der Waals surface area contributed by atoms with Gasteiger partial charge in [0, 0.05) is 0 Å². The number of unbranched alkanes of at least 4 members (excludes halogenated alkanes) is 1. The average Bonchev–Trinajstić information content (AvgIpc) is 1.89. The first kappa shape index (κ1) is 8.28. The quantitative estimate of drug-likeness (QED) is 0.313. The first-order valence-corrected chi connectivity index (χ1v) is 3.33. The molecule has 0 bridgehead atoms. The monoisotopic (exact) mass is 125 g/mol. The van der Waals surface area contributed by atoms with Gasteiger partial charge in [-0.2, -0.15) is 0 Å². The molecule has 0 spiro atoms. The molecule has 0 aliphatic heterocycles. The molecule has 0 saturated heterocycles. The maximum absolute atomic E-state index is 9.76. The van der Waals surface area contributed by atoms with Gasteiger partial charge < -0.3 is 0 Å². The van der Waals surface area contributed by atoms with Crippen LogP contribution in [0.3, 0.4) is 0 Å². The Bertz CT molecular complexity index is 92.7. The van der Waals surface area contributed by atoms with Gasteiger partial charge in [-0.25, -0.2) is 0 Å². The van der Waals surface area contributed by atoms with Gasteiger partial charge in [0.1, 0.15) is 6.26 Å². The Kier molecular flexibility index (Phi) is 6.70. The summed E-state index contributed by atoms with van der Waals surface area (Å²) in [4.78, 5) is 0. The molecule has 9 heavy (non-hydrogen) atoms. The molecule has 0 saturated carbocycles. The summed E-state index contributed by atoms with van der Waals surface area (Å²) in [6, 6.07) is 0. The van der Waals surface area contributed by atoms with Gasteiger partial charge in [0.2, 0.25) is 0 Å². The molecule has 0 fully saturated rings. The lowest BCUT2D eigenvalue weighted by Crippen LogP contribution is -1.63. The van der Waals surface area contributed by atoms with E-state index in [0.717, 1.165) is 25.5 Å². The zero-order chi connectivity index (χ0) is 6.95. The van der Waals surface area contributed by atoms with Crippen molar-refractivity contribution in [1.82, 2.24) is 0 Å². The van der Waals surface area contributed by atoms with Crippen molar-refractivity contribution in [3.05, 3.63) is 24.5 Å². The highest BCUT2D eigenvalue weighted by Gasteiger charge is 1.73. The van der Waals surface area contributed by atoms with Crippen molar-refractivity contribution >= 4 is 0 Å². The highest BCUT2D eigenvalue weighted by molar-refractivity contribution is 4.83. The number of hydrogen-bond acceptors (Lipinski definition) is 0. The van der Waals surface area contributed by atoms with Crippen molar-refractivity contribution in [3.63, 3.8) is 0 Å². The first-order chi connectivity index (χ1) is 4.41. The van der Waals surface area contributed by atoms with E-state index in [1.165, 1.54) is 0 Å². The van der Waals surface area contributed by atoms with Crippen molar-refractivity contribution in [2.75, 3.05) is 0 Å². The summed E-state index contributed by atoms with van der Waals surface area (Å²) in [6.45, 7) is 2.10. The molecule has 0 aliphatic rings. The average molecular weight is 125 g/mol. The third-order valence-electron chi connectivity index (χ3n) is 0.999. The van der Waals surface area contributed by atoms with Crippen LogP contribution < -0.4 is 0 Å². The van der Waals surface area contributed by atoms with Crippen LogP contribution in [0.4, 0.5) is 0 Å². The van der Waals surface area contributed by atoms with Crippen molar-refractivity contribution < 1.29 is 5.11 Å². The van der Waals surface area contributed by atoms with Crippen molar-refractivity contribution in [2.45, 2.75) is 26.2 Å². The predicted molar refractivity (Wildman–Crippen MR) is 38.5 cm³/mol. The number of allylic oxidation sites excluding steroid dienone is 3. The van der Waals surface area contributed by atoms with Gasteiger partial charge in [0.15, 0.2) is 0 Å². The Balaban J connectivity index is 2.99. The fraction of sp³-hybridized carbons (Fsp3) is 0.500. The molecule has 1 radical (unpaired) electrons. The Morgan fingerprint density at radius 2 is 1.78 bits per heavy atom. The maximum atomic E-state index is 9.76. The Hall–Kier alpha value is -0.720. The summed E-state index contributed by atoms with van der Waals surface area (Å²) in [5.74, 6) is 0. The van der Waals surface area contributed by atoms with Crippen molar-refractivity contribution in [3.8, 4) is 0 Å². The number of rotatable bonds is 4. The molecule has 1 heteroatoms. The normalized spacial score (nSPS) is 11.7. The standard InChI is InChI=1S/C8H13O/c1-2-3-4-5-6-7-8-9/h3-4,7-8H,2,5-6H2,1H3. The molecule has 51 valence electrons. The molecule has 0 amide bonds. The summed E-state index contributed by atoms with van der Waals surface area (Å²) < 4.78 is 0. The van der Waals surface area contributed by atoms with Crippen LogP contribution in [0.25, 0.3) is 0 Å². The number of hydrogen-bond donors (Lipinski definition) is 0. The minimum Gasteiger partial charge on any atom is -0.299 e. The van der Waals surface area contributed by atoms with Gasteiger partial charge in [0.05, 0.1) is 0 Å². The second kappa shape index (κ2) is 7.28. The van der Waals surface area contributed by atoms with Gasteiger partial charge in [-0.1, -0.05) is 19.1 Å². The van der Waals surface area contributed by atoms with Crippen LogP contribution in [0.2, 0.25) is 0 Å². The largest absolute Gasteiger partial charge is 0.299 e. The second-order valence-electron chi connectivity index (χ2n) is 1.83. The Morgan fingerprint density at radius 1 is 1.11 bits per heavy atom.